The SMILES string of the molecule is C=CC(C)(C)OCCCC. The van der Waals surface area contributed by atoms with Gasteiger partial charge in [0.25, 0.3) is 0 Å². The number of unbranched alkanes of at least 4 members (excludes halogenated alkanes) is 1. The van der Waals surface area contributed by atoms with Gasteiger partial charge in [-0.1, -0.05) is 19.4 Å². The lowest BCUT2D eigenvalue weighted by Gasteiger charge is -2.20. The van der Waals surface area contributed by atoms with Gasteiger partial charge in [-0.2, -0.15) is 0 Å². The predicted octanol–water partition coefficient (Wildman–Crippen LogP) is 2.77. The van der Waals surface area contributed by atoms with E-state index in [2.05, 4.69) is 13.5 Å². The first-order valence-electron chi connectivity index (χ1n) is 3.90. The molecule has 0 aliphatic carbocycles. The van der Waals surface area contributed by atoms with Gasteiger partial charge in [0, 0.05) is 6.61 Å². The molecule has 0 aromatic rings. The van der Waals surface area contributed by atoms with Crippen LogP contribution in [0.5, 0.6) is 0 Å². The highest BCUT2D eigenvalue weighted by molar-refractivity contribution is 4.89. The van der Waals surface area contributed by atoms with Crippen LogP contribution in [0.2, 0.25) is 0 Å². The third kappa shape index (κ3) is 4.57. The van der Waals surface area contributed by atoms with Gasteiger partial charge in [0.1, 0.15) is 0 Å². The van der Waals surface area contributed by atoms with Crippen LogP contribution in [0, 0.1) is 0 Å². The molecule has 0 N–H and O–H groups in total. The van der Waals surface area contributed by atoms with Crippen LogP contribution in [0.25, 0.3) is 0 Å². The Hall–Kier alpha value is -0.300. The summed E-state index contributed by atoms with van der Waals surface area (Å²) in [7, 11) is 0. The van der Waals surface area contributed by atoms with Gasteiger partial charge < -0.3 is 4.74 Å². The monoisotopic (exact) mass is 142 g/mol. The van der Waals surface area contributed by atoms with Gasteiger partial charge in [0.15, 0.2) is 0 Å². The minimum atomic E-state index is -0.144. The zero-order valence-electron chi connectivity index (χ0n) is 7.31. The molecule has 0 saturated heterocycles. The van der Waals surface area contributed by atoms with Gasteiger partial charge >= 0.3 is 0 Å². The average Bonchev–Trinajstić information content (AvgIpc) is 1.89. The Morgan fingerprint density at radius 2 is 2.10 bits per heavy atom. The molecular formula is C9H18O. The fourth-order valence-electron chi connectivity index (χ4n) is 0.538. The molecule has 0 atom stereocenters. The third-order valence-corrected chi connectivity index (χ3v) is 1.46. The van der Waals surface area contributed by atoms with Crippen molar-refractivity contribution in [3.63, 3.8) is 0 Å². The van der Waals surface area contributed by atoms with E-state index < -0.39 is 0 Å². The van der Waals surface area contributed by atoms with E-state index in [0.29, 0.717) is 0 Å². The Balaban J connectivity index is 3.37. The largest absolute Gasteiger partial charge is 0.372 e. The molecule has 0 aliphatic heterocycles. The van der Waals surface area contributed by atoms with Gasteiger partial charge in [-0.15, -0.1) is 6.58 Å². The highest BCUT2D eigenvalue weighted by atomic mass is 16.5. The second-order valence-corrected chi connectivity index (χ2v) is 3.01. The van der Waals surface area contributed by atoms with Crippen molar-refractivity contribution in [3.8, 4) is 0 Å². The average molecular weight is 142 g/mol. The Morgan fingerprint density at radius 1 is 1.50 bits per heavy atom. The van der Waals surface area contributed by atoms with Crippen molar-refractivity contribution in [2.45, 2.75) is 39.2 Å². The van der Waals surface area contributed by atoms with E-state index in [4.69, 9.17) is 4.74 Å². The van der Waals surface area contributed by atoms with Crippen LogP contribution < -0.4 is 0 Å². The number of hydrogen-bond acceptors (Lipinski definition) is 1. The molecule has 0 aromatic carbocycles. The summed E-state index contributed by atoms with van der Waals surface area (Å²) in [5, 5.41) is 0. The van der Waals surface area contributed by atoms with Gasteiger partial charge in [-0.05, 0) is 20.3 Å². The van der Waals surface area contributed by atoms with Crippen molar-refractivity contribution in [1.29, 1.82) is 0 Å². The van der Waals surface area contributed by atoms with Crippen molar-refractivity contribution >= 4 is 0 Å². The maximum Gasteiger partial charge on any atom is 0.0803 e. The Kier molecular flexibility index (Phi) is 4.37. The fourth-order valence-corrected chi connectivity index (χ4v) is 0.538. The molecule has 0 aliphatic rings. The predicted molar refractivity (Wildman–Crippen MR) is 45.1 cm³/mol. The minimum Gasteiger partial charge on any atom is -0.372 e. The molecule has 0 unspecified atom stereocenters. The molecule has 1 heteroatoms. The second kappa shape index (κ2) is 4.51. The summed E-state index contributed by atoms with van der Waals surface area (Å²) in [6.07, 6.45) is 4.16. The van der Waals surface area contributed by atoms with E-state index in [1.54, 1.807) is 0 Å². The molecule has 0 spiro atoms. The Labute approximate surface area is 64.1 Å². The zero-order valence-corrected chi connectivity index (χ0v) is 7.31. The van der Waals surface area contributed by atoms with Crippen LogP contribution in [0.15, 0.2) is 12.7 Å². The van der Waals surface area contributed by atoms with Gasteiger partial charge in [0.05, 0.1) is 5.60 Å². The van der Waals surface area contributed by atoms with Crippen molar-refractivity contribution in [2.75, 3.05) is 6.61 Å². The molecule has 0 rings (SSSR count). The lowest BCUT2D eigenvalue weighted by Crippen LogP contribution is -2.21. The van der Waals surface area contributed by atoms with Crippen LogP contribution in [-0.2, 0) is 4.74 Å². The minimum absolute atomic E-state index is 0.144. The quantitative estimate of drug-likeness (QED) is 0.423. The normalized spacial score (nSPS) is 11.5. The molecule has 0 aromatic heterocycles. The van der Waals surface area contributed by atoms with Crippen molar-refractivity contribution in [3.05, 3.63) is 12.7 Å². The molecule has 0 bridgehead atoms. The maximum atomic E-state index is 5.50. The summed E-state index contributed by atoms with van der Waals surface area (Å²) in [5.41, 5.74) is -0.144. The van der Waals surface area contributed by atoms with E-state index in [9.17, 15) is 0 Å². The van der Waals surface area contributed by atoms with Crippen molar-refractivity contribution in [2.24, 2.45) is 0 Å². The number of ether oxygens (including phenoxy) is 1. The lowest BCUT2D eigenvalue weighted by atomic mass is 10.1. The Bertz CT molecular complexity index is 94.9. The second-order valence-electron chi connectivity index (χ2n) is 3.01. The van der Waals surface area contributed by atoms with E-state index in [1.165, 1.54) is 6.42 Å². The summed E-state index contributed by atoms with van der Waals surface area (Å²) in [4.78, 5) is 0. The molecule has 10 heavy (non-hydrogen) atoms. The van der Waals surface area contributed by atoms with E-state index in [-0.39, 0.29) is 5.60 Å². The molecule has 0 radical (unpaired) electrons. The standard InChI is InChI=1S/C9H18O/c1-5-7-8-10-9(3,4)6-2/h6H,2,5,7-8H2,1,3-4H3. The number of rotatable bonds is 5. The smallest absolute Gasteiger partial charge is 0.0803 e. The molecule has 0 heterocycles. The van der Waals surface area contributed by atoms with E-state index in [1.807, 2.05) is 19.9 Å². The molecule has 0 amide bonds. The van der Waals surface area contributed by atoms with Gasteiger partial charge in [-0.3, -0.25) is 0 Å². The van der Waals surface area contributed by atoms with Crippen LogP contribution in [0.1, 0.15) is 33.6 Å². The van der Waals surface area contributed by atoms with Crippen molar-refractivity contribution < 1.29 is 4.74 Å². The van der Waals surface area contributed by atoms with Crippen molar-refractivity contribution in [1.82, 2.24) is 0 Å². The highest BCUT2D eigenvalue weighted by Crippen LogP contribution is 2.10. The first-order valence-corrected chi connectivity index (χ1v) is 3.90. The topological polar surface area (TPSA) is 9.23 Å². The fraction of sp³-hybridized carbons (Fsp3) is 0.778. The summed E-state index contributed by atoms with van der Waals surface area (Å²) in [5.74, 6) is 0. The molecule has 60 valence electrons. The summed E-state index contributed by atoms with van der Waals surface area (Å²) >= 11 is 0. The molecule has 1 nitrogen and oxygen atoms in total. The van der Waals surface area contributed by atoms with E-state index in [0.717, 1.165) is 13.0 Å². The lowest BCUT2D eigenvalue weighted by molar-refractivity contribution is 0.0183. The summed E-state index contributed by atoms with van der Waals surface area (Å²) < 4.78 is 5.50. The van der Waals surface area contributed by atoms with E-state index >= 15 is 0 Å². The van der Waals surface area contributed by atoms with Crippen LogP contribution in [0.4, 0.5) is 0 Å². The highest BCUT2D eigenvalue weighted by Gasteiger charge is 2.11. The zero-order chi connectivity index (χ0) is 8.04. The third-order valence-electron chi connectivity index (χ3n) is 1.46. The van der Waals surface area contributed by atoms with Crippen LogP contribution in [-0.4, -0.2) is 12.2 Å². The first kappa shape index (κ1) is 9.70. The van der Waals surface area contributed by atoms with Crippen LogP contribution in [0.3, 0.4) is 0 Å². The Morgan fingerprint density at radius 3 is 2.50 bits per heavy atom. The van der Waals surface area contributed by atoms with Gasteiger partial charge in [0.2, 0.25) is 0 Å². The first-order chi connectivity index (χ1) is 4.62. The molecule has 0 saturated carbocycles. The molecule has 0 fully saturated rings. The maximum absolute atomic E-state index is 5.50. The summed E-state index contributed by atoms with van der Waals surface area (Å²) in [6, 6.07) is 0. The molecular weight excluding hydrogens is 124 g/mol. The van der Waals surface area contributed by atoms with Gasteiger partial charge in [-0.25, -0.2) is 0 Å². The van der Waals surface area contributed by atoms with Crippen LogP contribution >= 0.6 is 0 Å². The number of hydrogen-bond donors (Lipinski definition) is 0. The summed E-state index contributed by atoms with van der Waals surface area (Å²) in [6.45, 7) is 10.7.